The van der Waals surface area contributed by atoms with E-state index < -0.39 is 5.91 Å². The summed E-state index contributed by atoms with van der Waals surface area (Å²) in [5.41, 5.74) is 1.40. The van der Waals surface area contributed by atoms with Crippen LogP contribution in [-0.2, 0) is 4.79 Å². The largest absolute Gasteiger partial charge is 0.508 e. The number of benzene rings is 1. The summed E-state index contributed by atoms with van der Waals surface area (Å²) in [5, 5.41) is 21.5. The third-order valence-corrected chi connectivity index (χ3v) is 4.42. The van der Waals surface area contributed by atoms with Gasteiger partial charge in [-0.05, 0) is 63.7 Å². The molecule has 1 aromatic rings. The molecule has 1 aliphatic heterocycles. The molecule has 0 aromatic heterocycles. The number of nitrogens with zero attached hydrogens (tertiary/aromatic N) is 3. The molecule has 0 aliphatic carbocycles. The van der Waals surface area contributed by atoms with Gasteiger partial charge in [0.1, 0.15) is 17.4 Å². The van der Waals surface area contributed by atoms with Crippen molar-refractivity contribution in [3.05, 3.63) is 35.5 Å². The van der Waals surface area contributed by atoms with Crippen LogP contribution >= 0.6 is 0 Å². The Labute approximate surface area is 143 Å². The molecule has 24 heavy (non-hydrogen) atoms. The van der Waals surface area contributed by atoms with Crippen molar-refractivity contribution >= 4 is 11.6 Å². The summed E-state index contributed by atoms with van der Waals surface area (Å²) in [6.07, 6.45) is 3.66. The molecule has 0 radical (unpaired) electrons. The maximum absolute atomic E-state index is 12.4. The number of piperidine rings is 1. The number of nitriles is 1. The van der Waals surface area contributed by atoms with Gasteiger partial charge in [-0.2, -0.15) is 5.26 Å². The lowest BCUT2D eigenvalue weighted by Crippen LogP contribution is -2.40. The van der Waals surface area contributed by atoms with Crippen LogP contribution in [0.4, 0.5) is 5.69 Å². The van der Waals surface area contributed by atoms with Crippen LogP contribution in [-0.4, -0.2) is 54.0 Å². The van der Waals surface area contributed by atoms with E-state index in [2.05, 4.69) is 17.3 Å². The van der Waals surface area contributed by atoms with Crippen LogP contribution in [0.3, 0.4) is 0 Å². The van der Waals surface area contributed by atoms with E-state index in [-0.39, 0.29) is 11.3 Å². The Morgan fingerprint density at radius 2 is 2.12 bits per heavy atom. The van der Waals surface area contributed by atoms with Crippen molar-refractivity contribution in [2.24, 2.45) is 0 Å². The van der Waals surface area contributed by atoms with E-state index in [0.717, 1.165) is 31.5 Å². The average molecular weight is 328 g/mol. The third kappa shape index (κ3) is 4.49. The molecule has 1 aliphatic rings. The first-order valence-corrected chi connectivity index (χ1v) is 8.04. The number of likely N-dealkylation sites (tertiary alicyclic amines) is 1. The van der Waals surface area contributed by atoms with Crippen molar-refractivity contribution in [3.63, 3.8) is 0 Å². The maximum Gasteiger partial charge on any atom is 0.267 e. The Morgan fingerprint density at radius 3 is 2.71 bits per heavy atom. The minimum atomic E-state index is -0.439. The molecule has 0 unspecified atom stereocenters. The number of phenolic OH excluding ortho intramolecular Hbond substituents is 1. The summed E-state index contributed by atoms with van der Waals surface area (Å²) in [6, 6.07) is 7.01. The molecule has 6 heteroatoms. The maximum atomic E-state index is 12.4. The van der Waals surface area contributed by atoms with Gasteiger partial charge < -0.3 is 20.2 Å². The van der Waals surface area contributed by atoms with Gasteiger partial charge in [-0.25, -0.2) is 0 Å². The zero-order chi connectivity index (χ0) is 17.7. The number of carbonyl (C=O) groups excluding carboxylic acids is 1. The number of aryl methyl sites for hydroxylation is 1. The van der Waals surface area contributed by atoms with Gasteiger partial charge in [-0.15, -0.1) is 0 Å². The smallest absolute Gasteiger partial charge is 0.267 e. The van der Waals surface area contributed by atoms with Crippen molar-refractivity contribution in [1.29, 1.82) is 5.26 Å². The fraction of sp³-hybridized carbons (Fsp3) is 0.444. The molecular weight excluding hydrogens is 304 g/mol. The highest BCUT2D eigenvalue weighted by atomic mass is 16.3. The van der Waals surface area contributed by atoms with Gasteiger partial charge >= 0.3 is 0 Å². The number of phenols is 1. The minimum absolute atomic E-state index is 0.0731. The Morgan fingerprint density at radius 1 is 1.46 bits per heavy atom. The fourth-order valence-electron chi connectivity index (χ4n) is 2.83. The number of carbonyl (C=O) groups is 1. The Hall–Kier alpha value is -2.52. The molecule has 0 spiro atoms. The van der Waals surface area contributed by atoms with Crippen LogP contribution in [0.25, 0.3) is 0 Å². The predicted octanol–water partition coefficient (Wildman–Crippen LogP) is 2.07. The summed E-state index contributed by atoms with van der Waals surface area (Å²) in [6.45, 7) is 3.82. The standard InChI is InChI=1S/C18H24N4O2/c1-13-10-16(23)4-5-17(13)20-18(24)14(11-19)12-22(3)15-6-8-21(2)9-7-15/h4-5,10,12,15,23H,6-9H2,1-3H3,(H,20,24)/b14-12-. The predicted molar refractivity (Wildman–Crippen MR) is 93.5 cm³/mol. The van der Waals surface area contributed by atoms with Crippen molar-refractivity contribution < 1.29 is 9.90 Å². The fourth-order valence-corrected chi connectivity index (χ4v) is 2.83. The summed E-state index contributed by atoms with van der Waals surface area (Å²) in [5.74, 6) is -0.297. The van der Waals surface area contributed by atoms with E-state index >= 15 is 0 Å². The second kappa shape index (κ2) is 7.84. The first-order chi connectivity index (χ1) is 11.4. The summed E-state index contributed by atoms with van der Waals surface area (Å²) in [7, 11) is 4.01. The highest BCUT2D eigenvalue weighted by Crippen LogP contribution is 2.21. The first kappa shape index (κ1) is 17.8. The lowest BCUT2D eigenvalue weighted by atomic mass is 10.0. The number of amides is 1. The van der Waals surface area contributed by atoms with Crippen molar-refractivity contribution in [2.75, 3.05) is 32.5 Å². The molecule has 1 amide bonds. The zero-order valence-corrected chi connectivity index (χ0v) is 14.4. The number of hydrogen-bond donors (Lipinski definition) is 2. The van der Waals surface area contributed by atoms with Crippen molar-refractivity contribution in [1.82, 2.24) is 9.80 Å². The van der Waals surface area contributed by atoms with E-state index in [1.54, 1.807) is 25.3 Å². The minimum Gasteiger partial charge on any atom is -0.508 e. The first-order valence-electron chi connectivity index (χ1n) is 8.04. The summed E-state index contributed by atoms with van der Waals surface area (Å²) >= 11 is 0. The SMILES string of the molecule is Cc1cc(O)ccc1NC(=O)/C(C#N)=C\N(C)C1CCN(C)CC1. The molecule has 2 rings (SSSR count). The zero-order valence-electron chi connectivity index (χ0n) is 14.4. The number of aromatic hydroxyl groups is 1. The van der Waals surface area contributed by atoms with Gasteiger partial charge in [0.15, 0.2) is 0 Å². The highest BCUT2D eigenvalue weighted by Gasteiger charge is 2.20. The molecule has 1 heterocycles. The molecule has 0 bridgehead atoms. The van der Waals surface area contributed by atoms with E-state index in [9.17, 15) is 15.2 Å². The molecule has 1 saturated heterocycles. The number of nitrogens with one attached hydrogen (secondary N) is 1. The lowest BCUT2D eigenvalue weighted by molar-refractivity contribution is -0.112. The van der Waals surface area contributed by atoms with E-state index in [4.69, 9.17) is 0 Å². The monoisotopic (exact) mass is 328 g/mol. The van der Waals surface area contributed by atoms with Gasteiger partial charge in [-0.3, -0.25) is 4.79 Å². The third-order valence-electron chi connectivity index (χ3n) is 4.42. The molecule has 6 nitrogen and oxygen atoms in total. The Balaban J connectivity index is 2.06. The molecule has 0 atom stereocenters. The summed E-state index contributed by atoms with van der Waals surface area (Å²) in [4.78, 5) is 16.6. The van der Waals surface area contributed by atoms with Crippen LogP contribution in [0.1, 0.15) is 18.4 Å². The van der Waals surface area contributed by atoms with Crippen molar-refractivity contribution in [2.45, 2.75) is 25.8 Å². The van der Waals surface area contributed by atoms with Gasteiger partial charge in [0.25, 0.3) is 5.91 Å². The molecule has 1 aromatic carbocycles. The van der Waals surface area contributed by atoms with Crippen LogP contribution in [0.2, 0.25) is 0 Å². The Bertz CT molecular complexity index is 670. The second-order valence-corrected chi connectivity index (χ2v) is 6.31. The average Bonchev–Trinajstić information content (AvgIpc) is 2.55. The molecule has 2 N–H and O–H groups in total. The highest BCUT2D eigenvalue weighted by molar-refractivity contribution is 6.06. The van der Waals surface area contributed by atoms with Crippen LogP contribution < -0.4 is 5.32 Å². The van der Waals surface area contributed by atoms with E-state index in [1.165, 1.54) is 6.07 Å². The Kier molecular flexibility index (Phi) is 5.83. The number of rotatable bonds is 4. The number of hydrogen-bond acceptors (Lipinski definition) is 5. The van der Waals surface area contributed by atoms with Gasteiger partial charge in [0, 0.05) is 25.0 Å². The number of anilines is 1. The van der Waals surface area contributed by atoms with E-state index in [1.807, 2.05) is 18.0 Å². The second-order valence-electron chi connectivity index (χ2n) is 6.31. The normalized spacial score (nSPS) is 16.5. The quantitative estimate of drug-likeness (QED) is 0.502. The summed E-state index contributed by atoms with van der Waals surface area (Å²) < 4.78 is 0. The van der Waals surface area contributed by atoms with Gasteiger partial charge in [-0.1, -0.05) is 0 Å². The molecule has 128 valence electrons. The topological polar surface area (TPSA) is 79.6 Å². The molecule has 1 fully saturated rings. The molecule has 0 saturated carbocycles. The van der Waals surface area contributed by atoms with Crippen molar-refractivity contribution in [3.8, 4) is 11.8 Å². The lowest BCUT2D eigenvalue weighted by Gasteiger charge is -2.34. The van der Waals surface area contributed by atoms with Gasteiger partial charge in [0.05, 0.1) is 0 Å². The van der Waals surface area contributed by atoms with Gasteiger partial charge in [0.2, 0.25) is 0 Å². The molecular formula is C18H24N4O2. The van der Waals surface area contributed by atoms with E-state index in [0.29, 0.717) is 11.7 Å². The van der Waals surface area contributed by atoms with Crippen LogP contribution in [0, 0.1) is 18.3 Å². The van der Waals surface area contributed by atoms with Crippen LogP contribution in [0.5, 0.6) is 5.75 Å². The van der Waals surface area contributed by atoms with Crippen LogP contribution in [0.15, 0.2) is 30.0 Å².